The van der Waals surface area contributed by atoms with Gasteiger partial charge < -0.3 is 19.2 Å². The van der Waals surface area contributed by atoms with E-state index in [0.29, 0.717) is 48.2 Å². The van der Waals surface area contributed by atoms with Gasteiger partial charge in [0.1, 0.15) is 24.7 Å². The number of anilines is 1. The van der Waals surface area contributed by atoms with E-state index >= 15 is 0 Å². The summed E-state index contributed by atoms with van der Waals surface area (Å²) in [5.74, 6) is -0.759. The van der Waals surface area contributed by atoms with Crippen LogP contribution in [0.3, 0.4) is 0 Å². The second-order valence-electron chi connectivity index (χ2n) is 15.4. The van der Waals surface area contributed by atoms with Crippen molar-refractivity contribution >= 4 is 48.1 Å². The van der Waals surface area contributed by atoms with Crippen LogP contribution in [0, 0.1) is 0 Å². The van der Waals surface area contributed by atoms with Crippen molar-refractivity contribution in [3.63, 3.8) is 0 Å². The number of fused-ring (bicyclic) bond motifs is 2. The Bertz CT molecular complexity index is 2440. The zero-order valence-electron chi connectivity index (χ0n) is 33.3. The Morgan fingerprint density at radius 3 is 2.21 bits per heavy atom. The van der Waals surface area contributed by atoms with Gasteiger partial charge in [0.2, 0.25) is 5.36 Å². The molecule has 2 aliphatic heterocycles. The molecule has 1 aromatic carbocycles. The van der Waals surface area contributed by atoms with Gasteiger partial charge in [0.15, 0.2) is 6.54 Å². The summed E-state index contributed by atoms with van der Waals surface area (Å²) in [6, 6.07) is 11.9. The Hall–Kier alpha value is -4.17. The van der Waals surface area contributed by atoms with E-state index in [1.165, 1.54) is 18.2 Å². The number of benzene rings is 2. The Balaban J connectivity index is 1.78. The van der Waals surface area contributed by atoms with Crippen LogP contribution in [0.5, 0.6) is 0 Å². The van der Waals surface area contributed by atoms with Crippen molar-refractivity contribution in [2.45, 2.75) is 75.5 Å². The van der Waals surface area contributed by atoms with Gasteiger partial charge in [0, 0.05) is 54.9 Å². The van der Waals surface area contributed by atoms with Crippen LogP contribution in [0.15, 0.2) is 81.8 Å². The first-order valence-electron chi connectivity index (χ1n) is 18.7. The van der Waals surface area contributed by atoms with Gasteiger partial charge in [-0.05, 0) is 85.2 Å². The normalized spacial score (nSPS) is 17.9. The number of carbonyl (C=O) groups is 1. The third-order valence-corrected chi connectivity index (χ3v) is 12.4. The van der Waals surface area contributed by atoms with E-state index in [1.807, 2.05) is 40.7 Å². The van der Waals surface area contributed by atoms with E-state index in [0.717, 1.165) is 16.5 Å². The Labute approximate surface area is 340 Å². The predicted molar refractivity (Wildman–Crippen MR) is 222 cm³/mol. The van der Waals surface area contributed by atoms with E-state index in [1.54, 1.807) is 37.5 Å². The van der Waals surface area contributed by atoms with E-state index in [-0.39, 0.29) is 54.7 Å². The maximum Gasteiger partial charge on any atom is 0.303 e. The molecule has 18 heteroatoms. The highest BCUT2D eigenvalue weighted by atomic mass is 32.2. The number of carboxylic acid groups (broad SMARTS) is 1. The molecule has 1 aliphatic carbocycles. The summed E-state index contributed by atoms with van der Waals surface area (Å²) in [5, 5.41) is 10.2. The molecule has 2 heterocycles. The van der Waals surface area contributed by atoms with Gasteiger partial charge in [-0.2, -0.15) is 25.3 Å². The first-order valence-corrected chi connectivity index (χ1v) is 23.3. The lowest BCUT2D eigenvalue weighted by molar-refractivity contribution is -0.137. The van der Waals surface area contributed by atoms with E-state index in [2.05, 4.69) is 20.8 Å². The maximum absolute atomic E-state index is 12.2. The molecule has 0 aromatic heterocycles. The van der Waals surface area contributed by atoms with Gasteiger partial charge in [0.25, 0.3) is 30.4 Å². The fourth-order valence-corrected chi connectivity index (χ4v) is 8.65. The zero-order chi connectivity index (χ0) is 43.1. The molecule has 58 heavy (non-hydrogen) atoms. The third kappa shape index (κ3) is 12.7. The molecule has 4 rings (SSSR count). The van der Waals surface area contributed by atoms with Gasteiger partial charge in [-0.1, -0.05) is 39.0 Å². The largest absolute Gasteiger partial charge is 0.481 e. The third-order valence-electron chi connectivity index (χ3n) is 9.93. The van der Waals surface area contributed by atoms with Gasteiger partial charge in [-0.25, -0.2) is 4.58 Å². The molecule has 318 valence electrons. The second kappa shape index (κ2) is 18.8. The highest BCUT2D eigenvalue weighted by molar-refractivity contribution is 7.86. The van der Waals surface area contributed by atoms with Crippen LogP contribution in [0.2, 0.25) is 0 Å². The average molecular weight is 866 g/mol. The molecule has 1 atom stereocenters. The minimum Gasteiger partial charge on any atom is -0.481 e. The minimum atomic E-state index is -4.59. The molecule has 0 saturated heterocycles. The topological polar surface area (TPSA) is 229 Å². The van der Waals surface area contributed by atoms with Gasteiger partial charge in [-0.15, -0.1) is 0 Å². The fourth-order valence-electron chi connectivity index (χ4n) is 7.16. The first-order chi connectivity index (χ1) is 26.9. The standard InChI is InChI=1S/C40H52N2O13S3/c1-39(2,3)33-27-30(55-36-26-29(15-17-32(33)36)41(22-23-54-5)20-10-24-56(45,46)47)12-7-6-8-13-37-40(4,19-9-14-38(43)44)34-28-31(58(51,52)53)16-18-35(34)42(37)21-11-25-57(48,49)50/h6-8,12-13,15-18,26-28H,9-11,14,19-25H2,1-5H3,(H3-,43,44,45,46,47,48,49,50,51,52,53)/p+1. The Kier molecular flexibility index (Phi) is 15.1. The van der Waals surface area contributed by atoms with E-state index < -0.39 is 47.5 Å². The number of hydrogen-bond donors (Lipinski definition) is 4. The SMILES string of the molecule is COCC[N+](CCCS(=O)(=O)O)=c1ccc2c(C(C)(C)C)cc(/C=C/C=C/C=C3/N(CCCS(=O)(=O)O)c4ccc(S(=O)(=O)O)cc4C3(C)CCCC(=O)O)oc-2c1. The lowest BCUT2D eigenvalue weighted by Crippen LogP contribution is -2.34. The van der Waals surface area contributed by atoms with E-state index in [9.17, 15) is 48.8 Å². The molecule has 0 radical (unpaired) electrons. The second-order valence-corrected chi connectivity index (χ2v) is 20.0. The van der Waals surface area contributed by atoms with Crippen LogP contribution >= 0.6 is 0 Å². The van der Waals surface area contributed by atoms with Crippen molar-refractivity contribution < 1.29 is 58.0 Å². The monoisotopic (exact) mass is 865 g/mol. The van der Waals surface area contributed by atoms with Gasteiger partial charge in [-0.3, -0.25) is 18.5 Å². The molecule has 15 nitrogen and oxygen atoms in total. The van der Waals surface area contributed by atoms with Crippen molar-refractivity contribution in [3.8, 4) is 11.3 Å². The van der Waals surface area contributed by atoms with E-state index in [4.69, 9.17) is 9.15 Å². The number of aliphatic carboxylic acids is 1. The summed E-state index contributed by atoms with van der Waals surface area (Å²) in [6.07, 6.45) is 9.43. The molecule has 0 fully saturated rings. The van der Waals surface area contributed by atoms with Crippen molar-refractivity contribution in [1.29, 1.82) is 0 Å². The van der Waals surface area contributed by atoms with Crippen LogP contribution < -0.4 is 14.8 Å². The molecule has 1 aromatic rings. The predicted octanol–water partition coefficient (Wildman–Crippen LogP) is 5.39. The minimum absolute atomic E-state index is 0.0283. The molecule has 0 bridgehead atoms. The van der Waals surface area contributed by atoms with Crippen LogP contribution in [0.25, 0.3) is 17.4 Å². The van der Waals surface area contributed by atoms with Crippen molar-refractivity contribution in [2.24, 2.45) is 0 Å². The number of rotatable bonds is 19. The molecule has 0 spiro atoms. The summed E-state index contributed by atoms with van der Waals surface area (Å²) in [4.78, 5) is 12.9. The summed E-state index contributed by atoms with van der Waals surface area (Å²) in [6.45, 7) is 9.43. The number of hydrogen-bond acceptors (Lipinski definition) is 10. The molecule has 4 N–H and O–H groups in total. The first kappa shape index (κ1) is 46.5. The molecule has 0 amide bonds. The summed E-state index contributed by atoms with van der Waals surface area (Å²) >= 11 is 0. The molecular formula is C40H53N2O13S3+. The Morgan fingerprint density at radius 2 is 1.59 bits per heavy atom. The molecule has 1 unspecified atom stereocenters. The zero-order valence-corrected chi connectivity index (χ0v) is 35.7. The Morgan fingerprint density at radius 1 is 0.897 bits per heavy atom. The fraction of sp³-hybridized carbons (Fsp3) is 0.450. The van der Waals surface area contributed by atoms with Crippen LogP contribution in [-0.2, 0) is 50.7 Å². The molecule has 3 aliphatic rings. The van der Waals surface area contributed by atoms with Gasteiger partial charge >= 0.3 is 5.97 Å². The van der Waals surface area contributed by atoms with Crippen LogP contribution in [0.4, 0.5) is 5.69 Å². The van der Waals surface area contributed by atoms with Crippen molar-refractivity contribution in [2.75, 3.05) is 49.8 Å². The lowest BCUT2D eigenvalue weighted by atomic mass is 9.77. The number of carboxylic acids is 1. The van der Waals surface area contributed by atoms with Crippen molar-refractivity contribution in [3.05, 3.63) is 94.7 Å². The quantitative estimate of drug-likeness (QED) is 0.0673. The highest BCUT2D eigenvalue weighted by Crippen LogP contribution is 2.51. The number of nitrogens with zero attached hydrogens (tertiary/aromatic N) is 2. The van der Waals surface area contributed by atoms with Crippen LogP contribution in [0.1, 0.15) is 76.7 Å². The number of methoxy groups -OCH3 is 1. The number of ether oxygens (including phenoxy) is 1. The highest BCUT2D eigenvalue weighted by Gasteiger charge is 2.43. The summed E-state index contributed by atoms with van der Waals surface area (Å²) in [7, 11) is -11.4. The van der Waals surface area contributed by atoms with Crippen LogP contribution in [-0.4, -0.2) is 94.8 Å². The van der Waals surface area contributed by atoms with Crippen molar-refractivity contribution in [1.82, 2.24) is 4.58 Å². The maximum atomic E-state index is 12.2. The van der Waals surface area contributed by atoms with Gasteiger partial charge in [0.05, 0.1) is 22.5 Å². The number of allylic oxidation sites excluding steroid dienone is 5. The smallest absolute Gasteiger partial charge is 0.303 e. The molecular weight excluding hydrogens is 813 g/mol. The molecule has 0 saturated carbocycles. The summed E-state index contributed by atoms with van der Waals surface area (Å²) in [5.41, 5.74) is 2.39. The average Bonchev–Trinajstić information content (AvgIpc) is 3.33. The lowest BCUT2D eigenvalue weighted by Gasteiger charge is -2.30. The summed E-state index contributed by atoms with van der Waals surface area (Å²) < 4.78 is 112.